The van der Waals surface area contributed by atoms with Crippen molar-refractivity contribution in [1.29, 1.82) is 0 Å². The van der Waals surface area contributed by atoms with Gasteiger partial charge >= 0.3 is 12.1 Å². The van der Waals surface area contributed by atoms with Gasteiger partial charge in [0.25, 0.3) is 0 Å². The van der Waals surface area contributed by atoms with Gasteiger partial charge in [-0.1, -0.05) is 13.8 Å². The summed E-state index contributed by atoms with van der Waals surface area (Å²) in [5.41, 5.74) is -1.59. The third-order valence-electron chi connectivity index (χ3n) is 2.66. The molecule has 1 aromatic heterocycles. The van der Waals surface area contributed by atoms with E-state index in [9.17, 15) is 26.4 Å². The molecular formula is C11H16F3N3O4S. The Labute approximate surface area is 125 Å². The highest BCUT2D eigenvalue weighted by atomic mass is 32.2. The van der Waals surface area contributed by atoms with Crippen LogP contribution in [0.25, 0.3) is 0 Å². The molecule has 0 radical (unpaired) electrons. The number of carbonyl (C=O) groups is 1. The topological polar surface area (TPSA) is 101 Å². The first kappa shape index (κ1) is 18.4. The number of carboxylic acid groups (broad SMARTS) is 1. The summed E-state index contributed by atoms with van der Waals surface area (Å²) in [6.45, 7) is 3.32. The molecule has 0 saturated carbocycles. The molecule has 1 unspecified atom stereocenters. The van der Waals surface area contributed by atoms with Crippen molar-refractivity contribution in [3.63, 3.8) is 0 Å². The van der Waals surface area contributed by atoms with E-state index in [-0.39, 0.29) is 12.3 Å². The molecule has 0 fully saturated rings. The molecule has 0 spiro atoms. The number of halogens is 3. The van der Waals surface area contributed by atoms with E-state index in [4.69, 9.17) is 5.11 Å². The van der Waals surface area contributed by atoms with Crippen molar-refractivity contribution in [1.82, 2.24) is 14.5 Å². The predicted octanol–water partition coefficient (Wildman–Crippen LogP) is 1.22. The van der Waals surface area contributed by atoms with Crippen molar-refractivity contribution in [2.45, 2.75) is 37.4 Å². The van der Waals surface area contributed by atoms with Crippen LogP contribution in [-0.4, -0.2) is 35.3 Å². The van der Waals surface area contributed by atoms with Crippen molar-refractivity contribution in [3.8, 4) is 0 Å². The van der Waals surface area contributed by atoms with Gasteiger partial charge in [-0.25, -0.2) is 8.42 Å². The number of carboxylic acids is 1. The van der Waals surface area contributed by atoms with E-state index in [1.54, 1.807) is 18.6 Å². The summed E-state index contributed by atoms with van der Waals surface area (Å²) in [4.78, 5) is 9.96. The average Bonchev–Trinajstić information content (AvgIpc) is 2.70. The highest BCUT2D eigenvalue weighted by molar-refractivity contribution is 7.89. The van der Waals surface area contributed by atoms with Crippen molar-refractivity contribution in [3.05, 3.63) is 11.9 Å². The highest BCUT2D eigenvalue weighted by Gasteiger charge is 2.41. The van der Waals surface area contributed by atoms with E-state index in [0.29, 0.717) is 10.9 Å². The van der Waals surface area contributed by atoms with Crippen LogP contribution in [0.3, 0.4) is 0 Å². The van der Waals surface area contributed by atoms with E-state index < -0.39 is 38.8 Å². The number of rotatable bonds is 6. The Morgan fingerprint density at radius 3 is 2.41 bits per heavy atom. The second kappa shape index (κ2) is 6.24. The molecule has 2 N–H and O–H groups in total. The van der Waals surface area contributed by atoms with Gasteiger partial charge in [0, 0.05) is 13.2 Å². The summed E-state index contributed by atoms with van der Waals surface area (Å²) >= 11 is 0. The Morgan fingerprint density at radius 1 is 1.45 bits per heavy atom. The Kier molecular flexibility index (Phi) is 5.23. The van der Waals surface area contributed by atoms with Crippen LogP contribution in [0.1, 0.15) is 26.0 Å². The standard InChI is InChI=1S/C11H16F3N3O4S/c1-6(2)4-7(10(18)19)16-22(20,21)8-5-17(3)15-9(8)11(12,13)14/h5-7,16H,4H2,1-3H3,(H,18,19). The third kappa shape index (κ3) is 4.44. The first-order chi connectivity index (χ1) is 9.84. The normalized spacial score (nSPS) is 14.3. The van der Waals surface area contributed by atoms with Crippen molar-refractivity contribution in [2.75, 3.05) is 0 Å². The molecule has 7 nitrogen and oxygen atoms in total. The van der Waals surface area contributed by atoms with Crippen LogP contribution in [0.15, 0.2) is 11.1 Å². The van der Waals surface area contributed by atoms with Gasteiger partial charge in [0.1, 0.15) is 10.9 Å². The minimum Gasteiger partial charge on any atom is -0.480 e. The molecule has 0 saturated heterocycles. The molecule has 126 valence electrons. The van der Waals surface area contributed by atoms with Crippen LogP contribution in [0.4, 0.5) is 13.2 Å². The van der Waals surface area contributed by atoms with Gasteiger partial charge in [-0.15, -0.1) is 0 Å². The quantitative estimate of drug-likeness (QED) is 0.809. The molecule has 0 bridgehead atoms. The lowest BCUT2D eigenvalue weighted by molar-refractivity contribution is -0.143. The number of sulfonamides is 1. The first-order valence-corrected chi connectivity index (χ1v) is 7.69. The zero-order valence-electron chi connectivity index (χ0n) is 12.0. The average molecular weight is 343 g/mol. The van der Waals surface area contributed by atoms with Crippen molar-refractivity contribution >= 4 is 16.0 Å². The van der Waals surface area contributed by atoms with Crippen LogP contribution in [-0.2, 0) is 28.0 Å². The smallest absolute Gasteiger partial charge is 0.436 e. The number of aryl methyl sites for hydroxylation is 1. The van der Waals surface area contributed by atoms with E-state index in [1.807, 2.05) is 0 Å². The summed E-state index contributed by atoms with van der Waals surface area (Å²) < 4.78 is 65.1. The number of alkyl halides is 3. The fourth-order valence-corrected chi connectivity index (χ4v) is 3.18. The Bertz CT molecular complexity index is 652. The minimum absolute atomic E-state index is 0.0593. The summed E-state index contributed by atoms with van der Waals surface area (Å²) in [7, 11) is -3.54. The number of aliphatic carboxylic acids is 1. The summed E-state index contributed by atoms with van der Waals surface area (Å²) in [5, 5.41) is 12.1. The molecule has 0 aliphatic rings. The van der Waals surface area contributed by atoms with Gasteiger partial charge in [0.15, 0.2) is 5.69 Å². The molecule has 11 heteroatoms. The van der Waals surface area contributed by atoms with Crippen LogP contribution in [0.5, 0.6) is 0 Å². The van der Waals surface area contributed by atoms with Gasteiger partial charge in [0.05, 0.1) is 0 Å². The lowest BCUT2D eigenvalue weighted by Crippen LogP contribution is -2.42. The van der Waals surface area contributed by atoms with Gasteiger partial charge in [-0.05, 0) is 12.3 Å². The number of hydrogen-bond acceptors (Lipinski definition) is 4. The molecular weight excluding hydrogens is 327 g/mol. The van der Waals surface area contributed by atoms with E-state index in [2.05, 4.69) is 5.10 Å². The van der Waals surface area contributed by atoms with Crippen LogP contribution in [0.2, 0.25) is 0 Å². The van der Waals surface area contributed by atoms with E-state index >= 15 is 0 Å². The van der Waals surface area contributed by atoms with Crippen LogP contribution in [0, 0.1) is 5.92 Å². The van der Waals surface area contributed by atoms with Crippen molar-refractivity contribution in [2.24, 2.45) is 13.0 Å². The molecule has 22 heavy (non-hydrogen) atoms. The van der Waals surface area contributed by atoms with Crippen molar-refractivity contribution < 1.29 is 31.5 Å². The lowest BCUT2D eigenvalue weighted by Gasteiger charge is -2.16. The Balaban J connectivity index is 3.22. The summed E-state index contributed by atoms with van der Waals surface area (Å²) in [6.07, 6.45) is -4.35. The zero-order chi connectivity index (χ0) is 17.3. The predicted molar refractivity (Wildman–Crippen MR) is 69.4 cm³/mol. The van der Waals surface area contributed by atoms with Gasteiger partial charge in [-0.2, -0.15) is 23.0 Å². The summed E-state index contributed by atoms with van der Waals surface area (Å²) in [6, 6.07) is -1.52. The molecule has 0 aliphatic heterocycles. The van der Waals surface area contributed by atoms with Crippen LogP contribution < -0.4 is 4.72 Å². The maximum absolute atomic E-state index is 12.8. The zero-order valence-corrected chi connectivity index (χ0v) is 12.9. The second-order valence-corrected chi connectivity index (χ2v) is 6.84. The third-order valence-corrected chi connectivity index (χ3v) is 4.13. The maximum Gasteiger partial charge on any atom is 0.436 e. The highest BCUT2D eigenvalue weighted by Crippen LogP contribution is 2.32. The molecule has 1 rings (SSSR count). The fraction of sp³-hybridized carbons (Fsp3) is 0.636. The molecule has 1 heterocycles. The van der Waals surface area contributed by atoms with Gasteiger partial charge in [-0.3, -0.25) is 9.48 Å². The number of nitrogens with zero attached hydrogens (tertiary/aromatic N) is 2. The lowest BCUT2D eigenvalue weighted by atomic mass is 10.1. The monoisotopic (exact) mass is 343 g/mol. The Hall–Kier alpha value is -1.62. The van der Waals surface area contributed by atoms with E-state index in [0.717, 1.165) is 7.05 Å². The van der Waals surface area contributed by atoms with Gasteiger partial charge < -0.3 is 5.11 Å². The molecule has 0 aromatic carbocycles. The minimum atomic E-state index is -4.97. The molecule has 1 atom stereocenters. The van der Waals surface area contributed by atoms with E-state index in [1.165, 1.54) is 0 Å². The second-order valence-electron chi connectivity index (χ2n) is 5.16. The first-order valence-electron chi connectivity index (χ1n) is 6.20. The maximum atomic E-state index is 12.8. The molecule has 0 amide bonds. The Morgan fingerprint density at radius 2 is 2.00 bits per heavy atom. The number of nitrogens with one attached hydrogen (secondary N) is 1. The number of hydrogen-bond donors (Lipinski definition) is 2. The van der Waals surface area contributed by atoms with Crippen LogP contribution >= 0.6 is 0 Å². The molecule has 1 aromatic rings. The molecule has 0 aliphatic carbocycles. The number of aromatic nitrogens is 2. The van der Waals surface area contributed by atoms with Gasteiger partial charge in [0.2, 0.25) is 10.0 Å². The fourth-order valence-electron chi connectivity index (χ4n) is 1.78. The largest absolute Gasteiger partial charge is 0.480 e. The summed E-state index contributed by atoms with van der Waals surface area (Å²) in [5.74, 6) is -1.63. The SMILES string of the molecule is CC(C)CC(NS(=O)(=O)c1cn(C)nc1C(F)(F)F)C(=O)O.